The lowest BCUT2D eigenvalue weighted by Gasteiger charge is -2.46. The molecule has 3 aliphatic carbocycles. The molecule has 3 saturated carbocycles. The fraction of sp³-hybridized carbons (Fsp3) is 0.579. The molecule has 3 aliphatic rings. The van der Waals surface area contributed by atoms with E-state index < -0.39 is 0 Å². The Bertz CT molecular complexity index is 783. The van der Waals surface area contributed by atoms with Crippen molar-refractivity contribution in [2.75, 3.05) is 19.0 Å². The van der Waals surface area contributed by atoms with E-state index in [0.29, 0.717) is 24.8 Å². The van der Waals surface area contributed by atoms with Gasteiger partial charge in [-0.15, -0.1) is 0 Å². The van der Waals surface area contributed by atoms with Gasteiger partial charge in [0.05, 0.1) is 37.2 Å². The van der Waals surface area contributed by atoms with Crippen molar-refractivity contribution >= 4 is 11.6 Å². The molecule has 0 aromatic carbocycles. The topological polar surface area (TPSA) is 81.9 Å². The van der Waals surface area contributed by atoms with Crippen LogP contribution < -0.4 is 5.32 Å². The van der Waals surface area contributed by atoms with Gasteiger partial charge in [-0.05, 0) is 31.2 Å². The van der Waals surface area contributed by atoms with Gasteiger partial charge < -0.3 is 10.1 Å². The maximum atomic E-state index is 13.0. The molecular weight excluding hydrogens is 330 g/mol. The fourth-order valence-electron chi connectivity index (χ4n) is 4.76. The average molecular weight is 355 g/mol. The number of methoxy groups -OCH3 is 1. The normalized spacial score (nSPS) is 26.5. The Balaban J connectivity index is 1.53. The van der Waals surface area contributed by atoms with Crippen LogP contribution >= 0.6 is 0 Å². The van der Waals surface area contributed by atoms with E-state index in [2.05, 4.69) is 26.4 Å². The van der Waals surface area contributed by atoms with Gasteiger partial charge in [0.25, 0.3) is 0 Å². The molecule has 2 aromatic heterocycles. The van der Waals surface area contributed by atoms with Crippen LogP contribution in [0.1, 0.15) is 37.7 Å². The fourth-order valence-corrected chi connectivity index (χ4v) is 4.76. The molecule has 26 heavy (non-hydrogen) atoms. The van der Waals surface area contributed by atoms with Crippen LogP contribution in [0, 0.1) is 11.8 Å². The van der Waals surface area contributed by atoms with E-state index in [4.69, 9.17) is 4.74 Å². The summed E-state index contributed by atoms with van der Waals surface area (Å²) in [5.41, 5.74) is 1.74. The largest absolute Gasteiger partial charge is 0.383 e. The van der Waals surface area contributed by atoms with Crippen LogP contribution in [0.4, 0.5) is 5.69 Å². The number of carbonyl (C=O) groups is 1. The van der Waals surface area contributed by atoms with Crippen molar-refractivity contribution in [2.45, 2.75) is 44.6 Å². The summed E-state index contributed by atoms with van der Waals surface area (Å²) in [5, 5.41) is 7.48. The van der Waals surface area contributed by atoms with Crippen molar-refractivity contribution in [3.8, 4) is 0 Å². The highest BCUT2D eigenvalue weighted by Crippen LogP contribution is 2.64. The predicted octanol–water partition coefficient (Wildman–Crippen LogP) is 2.19. The van der Waals surface area contributed by atoms with Gasteiger partial charge in [-0.2, -0.15) is 5.10 Å². The minimum Gasteiger partial charge on any atom is -0.383 e. The van der Waals surface area contributed by atoms with Gasteiger partial charge >= 0.3 is 0 Å². The van der Waals surface area contributed by atoms with Gasteiger partial charge in [0.15, 0.2) is 0 Å². The maximum absolute atomic E-state index is 13.0. The molecule has 1 N–H and O–H groups in total. The van der Waals surface area contributed by atoms with Crippen LogP contribution in [-0.2, 0) is 27.9 Å². The second kappa shape index (κ2) is 6.79. The summed E-state index contributed by atoms with van der Waals surface area (Å²) < 4.78 is 7.20. The van der Waals surface area contributed by atoms with Crippen LogP contribution in [0.5, 0.6) is 0 Å². The highest BCUT2D eigenvalue weighted by Gasteiger charge is 2.63. The first kappa shape index (κ1) is 17.1. The van der Waals surface area contributed by atoms with Gasteiger partial charge in [-0.3, -0.25) is 9.48 Å². The molecule has 2 heterocycles. The Kier molecular flexibility index (Phi) is 4.48. The molecule has 0 aliphatic heterocycles. The first-order valence-corrected chi connectivity index (χ1v) is 9.31. The summed E-state index contributed by atoms with van der Waals surface area (Å²) in [6.45, 7) is 3.34. The minimum atomic E-state index is -0.0940. The Morgan fingerprint density at radius 3 is 2.92 bits per heavy atom. The smallest absolute Gasteiger partial charge is 0.228 e. The molecule has 3 unspecified atom stereocenters. The lowest BCUT2D eigenvalue weighted by Crippen LogP contribution is -2.51. The first-order valence-electron chi connectivity index (χ1n) is 9.31. The monoisotopic (exact) mass is 355 g/mol. The number of amides is 1. The Hall–Kier alpha value is -2.28. The third kappa shape index (κ3) is 2.70. The molecule has 2 aromatic rings. The Morgan fingerprint density at radius 1 is 1.42 bits per heavy atom. The van der Waals surface area contributed by atoms with E-state index in [1.165, 1.54) is 5.69 Å². The summed E-state index contributed by atoms with van der Waals surface area (Å²) in [4.78, 5) is 21.6. The quantitative estimate of drug-likeness (QED) is 0.823. The van der Waals surface area contributed by atoms with Gasteiger partial charge in [-0.25, -0.2) is 9.97 Å². The van der Waals surface area contributed by atoms with E-state index >= 15 is 0 Å². The predicted molar refractivity (Wildman–Crippen MR) is 96.7 cm³/mol. The third-order valence-electron chi connectivity index (χ3n) is 5.96. The van der Waals surface area contributed by atoms with Crippen molar-refractivity contribution in [3.05, 3.63) is 36.2 Å². The molecular formula is C19H25N5O2. The molecule has 0 saturated heterocycles. The number of hydrogen-bond acceptors (Lipinski definition) is 5. The number of nitrogens with one attached hydrogen (secondary N) is 1. The first-order chi connectivity index (χ1) is 12.7. The molecule has 2 bridgehead atoms. The molecule has 0 radical (unpaired) electrons. The standard InChI is InChI=1S/C19H25N5O2/c1-3-16-20-11-14(12-21-16)23-18(25)17-13-4-6-19(17,10-13)15-5-7-22-24(15)8-9-26-2/h5,7,11-13,17H,3-4,6,8-10H2,1-2H3,(H,23,25). The molecule has 1 amide bonds. The van der Waals surface area contributed by atoms with E-state index in [1.54, 1.807) is 19.5 Å². The molecule has 7 heteroatoms. The second-order valence-corrected chi connectivity index (χ2v) is 7.30. The molecule has 7 nitrogen and oxygen atoms in total. The lowest BCUT2D eigenvalue weighted by molar-refractivity contribution is -0.127. The van der Waals surface area contributed by atoms with E-state index in [9.17, 15) is 4.79 Å². The van der Waals surface area contributed by atoms with Crippen LogP contribution in [0.15, 0.2) is 24.7 Å². The van der Waals surface area contributed by atoms with Crippen LogP contribution in [0.25, 0.3) is 0 Å². The summed E-state index contributed by atoms with van der Waals surface area (Å²) >= 11 is 0. The van der Waals surface area contributed by atoms with Crippen molar-refractivity contribution in [3.63, 3.8) is 0 Å². The number of nitrogens with zero attached hydrogens (tertiary/aromatic N) is 4. The molecule has 138 valence electrons. The Morgan fingerprint density at radius 2 is 2.23 bits per heavy atom. The number of rotatable bonds is 7. The molecule has 5 rings (SSSR count). The number of aryl methyl sites for hydroxylation is 1. The molecule has 3 atom stereocenters. The highest BCUT2D eigenvalue weighted by atomic mass is 16.5. The van der Waals surface area contributed by atoms with Gasteiger partial charge in [-0.1, -0.05) is 6.92 Å². The van der Waals surface area contributed by atoms with E-state index in [0.717, 1.165) is 31.5 Å². The lowest BCUT2D eigenvalue weighted by atomic mass is 9.58. The number of fused-ring (bicyclic) bond motifs is 1. The number of carbonyl (C=O) groups excluding carboxylic acids is 1. The zero-order valence-electron chi connectivity index (χ0n) is 15.3. The van der Waals surface area contributed by atoms with Crippen molar-refractivity contribution in [2.24, 2.45) is 11.8 Å². The number of ether oxygens (including phenoxy) is 1. The number of anilines is 1. The zero-order valence-corrected chi connectivity index (χ0v) is 15.3. The van der Waals surface area contributed by atoms with E-state index in [1.807, 2.05) is 17.8 Å². The van der Waals surface area contributed by atoms with Gasteiger partial charge in [0.1, 0.15) is 5.82 Å². The average Bonchev–Trinajstić information content (AvgIpc) is 3.35. The highest BCUT2D eigenvalue weighted by molar-refractivity contribution is 5.94. The minimum absolute atomic E-state index is 0.00801. The molecule has 3 fully saturated rings. The van der Waals surface area contributed by atoms with Crippen LogP contribution in [0.2, 0.25) is 0 Å². The summed E-state index contributed by atoms with van der Waals surface area (Å²) in [6.07, 6.45) is 9.21. The van der Waals surface area contributed by atoms with Crippen molar-refractivity contribution in [1.82, 2.24) is 19.7 Å². The zero-order chi connectivity index (χ0) is 18.1. The summed E-state index contributed by atoms with van der Waals surface area (Å²) in [5.74, 6) is 1.30. The third-order valence-corrected chi connectivity index (χ3v) is 5.96. The van der Waals surface area contributed by atoms with Crippen LogP contribution in [-0.4, -0.2) is 39.4 Å². The number of aromatic nitrogens is 4. The van der Waals surface area contributed by atoms with Crippen LogP contribution in [0.3, 0.4) is 0 Å². The maximum Gasteiger partial charge on any atom is 0.228 e. The SMILES string of the molecule is CCc1ncc(NC(=O)C2C3CCC2(c2ccnn2CCOC)C3)cn1. The van der Waals surface area contributed by atoms with Crippen molar-refractivity contribution < 1.29 is 9.53 Å². The summed E-state index contributed by atoms with van der Waals surface area (Å²) in [6, 6.07) is 2.07. The van der Waals surface area contributed by atoms with E-state index in [-0.39, 0.29) is 17.2 Å². The Labute approximate surface area is 153 Å². The number of hydrogen-bond donors (Lipinski definition) is 1. The van der Waals surface area contributed by atoms with Gasteiger partial charge in [0, 0.05) is 30.8 Å². The second-order valence-electron chi connectivity index (χ2n) is 7.30. The van der Waals surface area contributed by atoms with Gasteiger partial charge in [0.2, 0.25) is 5.91 Å². The summed E-state index contributed by atoms with van der Waals surface area (Å²) in [7, 11) is 1.69. The molecule has 0 spiro atoms. The van der Waals surface area contributed by atoms with Crippen molar-refractivity contribution in [1.29, 1.82) is 0 Å².